The van der Waals surface area contributed by atoms with Crippen LogP contribution in [0.2, 0.25) is 10.0 Å². The predicted molar refractivity (Wildman–Crippen MR) is 99.2 cm³/mol. The van der Waals surface area contributed by atoms with Gasteiger partial charge in [0.2, 0.25) is 5.95 Å². The average molecular weight is 367 g/mol. The molecule has 0 aliphatic heterocycles. The first-order valence-electron chi connectivity index (χ1n) is 7.89. The van der Waals surface area contributed by atoms with Crippen LogP contribution >= 0.6 is 23.2 Å². The second-order valence-electron chi connectivity index (χ2n) is 5.31. The second-order valence-corrected chi connectivity index (χ2v) is 6.15. The number of carbonyl (C=O) groups is 1. The minimum atomic E-state index is -0.351. The number of amides is 1. The van der Waals surface area contributed by atoms with Crippen LogP contribution in [0, 0.1) is 0 Å². The molecule has 1 heterocycles. The Morgan fingerprint density at radius 2 is 1.88 bits per heavy atom. The molecular weight excluding hydrogens is 347 g/mol. The number of rotatable bonds is 7. The van der Waals surface area contributed by atoms with E-state index in [4.69, 9.17) is 23.2 Å². The van der Waals surface area contributed by atoms with Crippen molar-refractivity contribution in [2.24, 2.45) is 0 Å². The third-order valence-corrected chi connectivity index (χ3v) is 3.89. The molecule has 24 heavy (non-hydrogen) atoms. The van der Waals surface area contributed by atoms with Crippen molar-refractivity contribution in [3.05, 3.63) is 46.2 Å². The highest BCUT2D eigenvalue weighted by atomic mass is 35.5. The van der Waals surface area contributed by atoms with Crippen LogP contribution in [-0.2, 0) is 0 Å². The third-order valence-electron chi connectivity index (χ3n) is 3.32. The fourth-order valence-electron chi connectivity index (χ4n) is 2.26. The van der Waals surface area contributed by atoms with Crippen LogP contribution in [-0.4, -0.2) is 29.0 Å². The van der Waals surface area contributed by atoms with Gasteiger partial charge in [0.25, 0.3) is 5.91 Å². The van der Waals surface area contributed by atoms with E-state index in [2.05, 4.69) is 34.0 Å². The molecule has 0 saturated heterocycles. The Bertz CT molecular complexity index is 703. The molecule has 0 bridgehead atoms. The summed E-state index contributed by atoms with van der Waals surface area (Å²) in [7, 11) is 0. The van der Waals surface area contributed by atoms with Crippen LogP contribution in [0.1, 0.15) is 37.2 Å². The van der Waals surface area contributed by atoms with Crippen LogP contribution in [0.4, 0.5) is 11.6 Å². The lowest BCUT2D eigenvalue weighted by atomic mass is 10.3. The normalized spacial score (nSPS) is 10.5. The maximum absolute atomic E-state index is 12.4. The zero-order valence-corrected chi connectivity index (χ0v) is 15.2. The molecule has 1 N–H and O–H groups in total. The van der Waals surface area contributed by atoms with Gasteiger partial charge in [0.05, 0.1) is 10.7 Å². The molecule has 0 aliphatic rings. The highest BCUT2D eigenvalue weighted by molar-refractivity contribution is 6.35. The standard InChI is InChI=1S/C17H20Cl2N4O/c1-3-9-23(10-4-2)17-20-8-7-14(22-17)16(24)21-15-11-12(18)5-6-13(15)19/h5-8,11H,3-4,9-10H2,1-2H3,(H,21,24). The zero-order valence-electron chi connectivity index (χ0n) is 13.7. The summed E-state index contributed by atoms with van der Waals surface area (Å²) in [6.07, 6.45) is 3.56. The lowest BCUT2D eigenvalue weighted by Crippen LogP contribution is -2.27. The van der Waals surface area contributed by atoms with E-state index in [0.717, 1.165) is 25.9 Å². The number of carbonyl (C=O) groups excluding carboxylic acids is 1. The molecule has 0 spiro atoms. The summed E-state index contributed by atoms with van der Waals surface area (Å²) in [6, 6.07) is 6.47. The van der Waals surface area contributed by atoms with Gasteiger partial charge in [0, 0.05) is 24.3 Å². The highest BCUT2D eigenvalue weighted by Crippen LogP contribution is 2.25. The van der Waals surface area contributed by atoms with E-state index in [1.54, 1.807) is 30.5 Å². The molecule has 0 fully saturated rings. The van der Waals surface area contributed by atoms with Crippen molar-refractivity contribution in [3.63, 3.8) is 0 Å². The Morgan fingerprint density at radius 3 is 2.54 bits per heavy atom. The Balaban J connectivity index is 2.20. The highest BCUT2D eigenvalue weighted by Gasteiger charge is 2.14. The quantitative estimate of drug-likeness (QED) is 0.773. The number of benzene rings is 1. The number of hydrogen-bond acceptors (Lipinski definition) is 4. The lowest BCUT2D eigenvalue weighted by Gasteiger charge is -2.21. The molecule has 7 heteroatoms. The Labute approximate surface area is 152 Å². The van der Waals surface area contributed by atoms with E-state index < -0.39 is 0 Å². The van der Waals surface area contributed by atoms with Crippen molar-refractivity contribution in [1.82, 2.24) is 9.97 Å². The summed E-state index contributed by atoms with van der Waals surface area (Å²) in [5.41, 5.74) is 0.738. The first-order chi connectivity index (χ1) is 11.5. The summed E-state index contributed by atoms with van der Waals surface area (Å²) in [5, 5.41) is 3.65. The van der Waals surface area contributed by atoms with Gasteiger partial charge in [-0.2, -0.15) is 0 Å². The van der Waals surface area contributed by atoms with E-state index in [1.165, 1.54) is 0 Å². The van der Waals surface area contributed by atoms with Crippen LogP contribution in [0.25, 0.3) is 0 Å². The van der Waals surface area contributed by atoms with Gasteiger partial charge in [-0.1, -0.05) is 37.0 Å². The molecule has 0 saturated carbocycles. The molecule has 1 aromatic carbocycles. The number of hydrogen-bond donors (Lipinski definition) is 1. The topological polar surface area (TPSA) is 58.1 Å². The van der Waals surface area contributed by atoms with Crippen molar-refractivity contribution in [1.29, 1.82) is 0 Å². The molecule has 0 atom stereocenters. The number of anilines is 2. The van der Waals surface area contributed by atoms with Gasteiger partial charge in [-0.3, -0.25) is 4.79 Å². The van der Waals surface area contributed by atoms with Gasteiger partial charge in [0.15, 0.2) is 0 Å². The fraction of sp³-hybridized carbons (Fsp3) is 0.353. The van der Waals surface area contributed by atoms with Crippen LogP contribution < -0.4 is 10.2 Å². The molecule has 0 aliphatic carbocycles. The molecule has 1 amide bonds. The Hall–Kier alpha value is -1.85. The van der Waals surface area contributed by atoms with E-state index in [1.807, 2.05) is 0 Å². The minimum absolute atomic E-state index is 0.285. The van der Waals surface area contributed by atoms with Gasteiger partial charge < -0.3 is 10.2 Å². The molecule has 2 aromatic rings. The summed E-state index contributed by atoms with van der Waals surface area (Å²) in [4.78, 5) is 23.2. The van der Waals surface area contributed by atoms with Crippen LogP contribution in [0.15, 0.2) is 30.5 Å². The van der Waals surface area contributed by atoms with Crippen molar-refractivity contribution < 1.29 is 4.79 Å². The van der Waals surface area contributed by atoms with Gasteiger partial charge in [-0.25, -0.2) is 9.97 Å². The van der Waals surface area contributed by atoms with Gasteiger partial charge in [0.1, 0.15) is 5.69 Å². The average Bonchev–Trinajstić information content (AvgIpc) is 2.58. The van der Waals surface area contributed by atoms with Crippen LogP contribution in [0.3, 0.4) is 0 Å². The summed E-state index contributed by atoms with van der Waals surface area (Å²) in [6.45, 7) is 5.89. The monoisotopic (exact) mass is 366 g/mol. The zero-order chi connectivity index (χ0) is 17.5. The van der Waals surface area contributed by atoms with E-state index in [0.29, 0.717) is 21.7 Å². The number of aromatic nitrogens is 2. The maximum Gasteiger partial charge on any atom is 0.274 e. The van der Waals surface area contributed by atoms with Gasteiger partial charge >= 0.3 is 0 Å². The first kappa shape index (κ1) is 18.5. The van der Waals surface area contributed by atoms with Gasteiger partial charge in [-0.05, 0) is 37.1 Å². The molecule has 1 aromatic heterocycles. The largest absolute Gasteiger partial charge is 0.341 e. The third kappa shape index (κ3) is 4.82. The van der Waals surface area contributed by atoms with E-state index in [9.17, 15) is 4.79 Å². The second kappa shape index (κ2) is 8.85. The number of nitrogens with one attached hydrogen (secondary N) is 1. The summed E-state index contributed by atoms with van der Waals surface area (Å²) < 4.78 is 0. The fourth-order valence-corrected chi connectivity index (χ4v) is 2.60. The van der Waals surface area contributed by atoms with Crippen LogP contribution in [0.5, 0.6) is 0 Å². The number of halogens is 2. The summed E-state index contributed by atoms with van der Waals surface area (Å²) >= 11 is 12.0. The molecule has 0 unspecified atom stereocenters. The van der Waals surface area contributed by atoms with Crippen molar-refractivity contribution in [2.45, 2.75) is 26.7 Å². The Kier molecular flexibility index (Phi) is 6.82. The first-order valence-corrected chi connectivity index (χ1v) is 8.65. The lowest BCUT2D eigenvalue weighted by molar-refractivity contribution is 0.102. The van der Waals surface area contributed by atoms with Gasteiger partial charge in [-0.15, -0.1) is 0 Å². The van der Waals surface area contributed by atoms with E-state index in [-0.39, 0.29) is 11.6 Å². The predicted octanol–water partition coefficient (Wildman–Crippen LogP) is 4.66. The molecule has 5 nitrogen and oxygen atoms in total. The van der Waals surface area contributed by atoms with E-state index >= 15 is 0 Å². The molecular formula is C17H20Cl2N4O. The van der Waals surface area contributed by atoms with Crippen molar-refractivity contribution >= 4 is 40.7 Å². The minimum Gasteiger partial charge on any atom is -0.341 e. The SMILES string of the molecule is CCCN(CCC)c1nccc(C(=O)Nc2cc(Cl)ccc2Cl)n1. The summed E-state index contributed by atoms with van der Waals surface area (Å²) in [5.74, 6) is 0.208. The molecule has 2 rings (SSSR count). The smallest absolute Gasteiger partial charge is 0.274 e. The van der Waals surface area contributed by atoms with Crippen molar-refractivity contribution in [2.75, 3.05) is 23.3 Å². The Morgan fingerprint density at radius 1 is 1.17 bits per heavy atom. The van der Waals surface area contributed by atoms with Crippen molar-refractivity contribution in [3.8, 4) is 0 Å². The maximum atomic E-state index is 12.4. The molecule has 128 valence electrons. The molecule has 0 radical (unpaired) electrons. The number of nitrogens with zero attached hydrogens (tertiary/aromatic N) is 3.